The predicted molar refractivity (Wildman–Crippen MR) is 143 cm³/mol. The van der Waals surface area contributed by atoms with Gasteiger partial charge in [-0.25, -0.2) is 26.3 Å². The molecule has 0 atom stereocenters. The lowest BCUT2D eigenvalue weighted by Crippen LogP contribution is -2.26. The fourth-order valence-corrected chi connectivity index (χ4v) is 7.05. The third-order valence-electron chi connectivity index (χ3n) is 8.56. The van der Waals surface area contributed by atoms with Gasteiger partial charge in [-0.15, -0.1) is 0 Å². The van der Waals surface area contributed by atoms with E-state index >= 15 is 0 Å². The predicted octanol–water partition coefficient (Wildman–Crippen LogP) is 10.8. The number of thioether (sulfide) groups is 1. The topological polar surface area (TPSA) is 0 Å². The molecule has 2 saturated carbocycles. The summed E-state index contributed by atoms with van der Waals surface area (Å²) in [6.07, 6.45) is 9.14. The highest BCUT2D eigenvalue weighted by molar-refractivity contribution is 8.03. The van der Waals surface area contributed by atoms with Crippen LogP contribution in [0.15, 0.2) is 29.4 Å². The summed E-state index contributed by atoms with van der Waals surface area (Å²) in [5.74, 6) is -5.03. The van der Waals surface area contributed by atoms with Crippen molar-refractivity contribution in [3.63, 3.8) is 0 Å². The van der Waals surface area contributed by atoms with Crippen LogP contribution in [0.25, 0.3) is 5.83 Å². The SMILES string of the molecule is CCCS/C(F)=C(\F)c1cc(F)c(C2CCC(C3CCC(CCc4cc(F)c(F)c(F)c4)CC3)CC2)c(F)c1. The largest absolute Gasteiger partial charge is 0.207 e. The Morgan fingerprint density at radius 2 is 1.28 bits per heavy atom. The van der Waals surface area contributed by atoms with Crippen LogP contribution < -0.4 is 0 Å². The monoisotopic (exact) mass is 572 g/mol. The molecule has 0 aromatic heterocycles. The zero-order valence-electron chi connectivity index (χ0n) is 22.2. The molecule has 0 heterocycles. The minimum absolute atomic E-state index is 0.0241. The molecule has 0 unspecified atom stereocenters. The van der Waals surface area contributed by atoms with Gasteiger partial charge in [0.05, 0.1) is 0 Å². The first-order valence-electron chi connectivity index (χ1n) is 14.0. The molecule has 2 aromatic rings. The normalized spacial score (nSPS) is 24.5. The summed E-state index contributed by atoms with van der Waals surface area (Å²) < 4.78 is 98.3. The van der Waals surface area contributed by atoms with Gasteiger partial charge < -0.3 is 0 Å². The van der Waals surface area contributed by atoms with Crippen molar-refractivity contribution in [1.82, 2.24) is 0 Å². The number of benzene rings is 2. The van der Waals surface area contributed by atoms with E-state index in [0.29, 0.717) is 66.5 Å². The van der Waals surface area contributed by atoms with E-state index in [1.165, 1.54) is 0 Å². The first-order valence-corrected chi connectivity index (χ1v) is 15.0. The first kappa shape index (κ1) is 30.0. The van der Waals surface area contributed by atoms with E-state index in [1.54, 1.807) is 0 Å². The zero-order valence-corrected chi connectivity index (χ0v) is 23.0. The first-order chi connectivity index (χ1) is 18.7. The van der Waals surface area contributed by atoms with Crippen molar-refractivity contribution in [1.29, 1.82) is 0 Å². The molecule has 2 aliphatic rings. The maximum Gasteiger partial charge on any atom is 0.194 e. The second-order valence-electron chi connectivity index (χ2n) is 11.1. The molecule has 4 rings (SSSR count). The van der Waals surface area contributed by atoms with E-state index in [4.69, 9.17) is 0 Å². The Hall–Kier alpha value is -1.96. The van der Waals surface area contributed by atoms with Crippen molar-refractivity contribution in [2.45, 2.75) is 83.5 Å². The summed E-state index contributed by atoms with van der Waals surface area (Å²) >= 11 is 0.693. The smallest absolute Gasteiger partial charge is 0.194 e. The summed E-state index contributed by atoms with van der Waals surface area (Å²) in [4.78, 5) is 0. The highest BCUT2D eigenvalue weighted by Gasteiger charge is 2.33. The van der Waals surface area contributed by atoms with Crippen LogP contribution in [0, 0.1) is 46.8 Å². The van der Waals surface area contributed by atoms with Gasteiger partial charge in [-0.05, 0) is 111 Å². The van der Waals surface area contributed by atoms with Gasteiger partial charge in [0.1, 0.15) is 11.6 Å². The lowest BCUT2D eigenvalue weighted by Gasteiger charge is -2.38. The summed E-state index contributed by atoms with van der Waals surface area (Å²) in [6, 6.07) is 3.95. The van der Waals surface area contributed by atoms with Crippen LogP contribution in [0.1, 0.15) is 93.7 Å². The third kappa shape index (κ3) is 7.42. The average molecular weight is 573 g/mol. The van der Waals surface area contributed by atoms with Crippen molar-refractivity contribution in [3.05, 3.63) is 75.2 Å². The Kier molecular flexibility index (Phi) is 10.5. The molecule has 2 aliphatic carbocycles. The molecule has 2 fully saturated rings. The van der Waals surface area contributed by atoms with Gasteiger partial charge in [-0.3, -0.25) is 0 Å². The lowest BCUT2D eigenvalue weighted by atomic mass is 9.68. The number of hydrogen-bond acceptors (Lipinski definition) is 1. The quantitative estimate of drug-likeness (QED) is 0.213. The van der Waals surface area contributed by atoms with E-state index in [0.717, 1.165) is 69.2 Å². The summed E-state index contributed by atoms with van der Waals surface area (Å²) in [6.45, 7) is 1.83. The van der Waals surface area contributed by atoms with Crippen molar-refractivity contribution in [3.8, 4) is 0 Å². The summed E-state index contributed by atoms with van der Waals surface area (Å²) in [7, 11) is 0. The minimum Gasteiger partial charge on any atom is -0.207 e. The molecular formula is C31H35F7S. The number of halogens is 7. The van der Waals surface area contributed by atoms with Gasteiger partial charge in [0.25, 0.3) is 0 Å². The molecule has 214 valence electrons. The Labute approximate surface area is 230 Å². The fourth-order valence-electron chi connectivity index (χ4n) is 6.42. The molecule has 39 heavy (non-hydrogen) atoms. The zero-order chi connectivity index (χ0) is 28.1. The third-order valence-corrected chi connectivity index (χ3v) is 9.61. The molecule has 0 amide bonds. The lowest BCUT2D eigenvalue weighted by molar-refractivity contribution is 0.155. The maximum absolute atomic E-state index is 14.9. The standard InChI is InChI=1S/C31H35F7S/c1-2-13-39-31(38)29(36)23-16-24(32)28(25(33)17-23)22-11-9-21(10-12-22)20-7-5-18(6-8-20)3-4-19-14-26(34)30(37)27(35)15-19/h14-18,20-22H,2-13H2,1H3/b31-29-. The molecule has 0 nitrogen and oxygen atoms in total. The summed E-state index contributed by atoms with van der Waals surface area (Å²) in [5, 5.41) is -1.06. The van der Waals surface area contributed by atoms with Crippen LogP contribution in [0.5, 0.6) is 0 Å². The molecule has 0 radical (unpaired) electrons. The van der Waals surface area contributed by atoms with E-state index in [2.05, 4.69) is 0 Å². The van der Waals surface area contributed by atoms with Gasteiger partial charge in [0.15, 0.2) is 28.4 Å². The number of rotatable bonds is 9. The second kappa shape index (κ2) is 13.6. The Morgan fingerprint density at radius 1 is 0.744 bits per heavy atom. The Balaban J connectivity index is 1.27. The van der Waals surface area contributed by atoms with Crippen molar-refractivity contribution < 1.29 is 30.7 Å². The molecule has 0 N–H and O–H groups in total. The molecule has 0 bridgehead atoms. The molecular weight excluding hydrogens is 537 g/mol. The van der Waals surface area contributed by atoms with E-state index < -0.39 is 45.6 Å². The second-order valence-corrected chi connectivity index (χ2v) is 12.1. The van der Waals surface area contributed by atoms with Crippen LogP contribution in [-0.2, 0) is 6.42 Å². The van der Waals surface area contributed by atoms with Crippen molar-refractivity contribution in [2.75, 3.05) is 5.75 Å². The minimum atomic E-state index is -1.44. The molecule has 2 aromatic carbocycles. The number of hydrogen-bond donors (Lipinski definition) is 0. The van der Waals surface area contributed by atoms with Gasteiger partial charge in [0.2, 0.25) is 0 Å². The molecule has 8 heteroatoms. The molecule has 0 spiro atoms. The van der Waals surface area contributed by atoms with Crippen LogP contribution >= 0.6 is 11.8 Å². The van der Waals surface area contributed by atoms with Crippen LogP contribution in [0.3, 0.4) is 0 Å². The Bertz CT molecular complexity index is 1120. The van der Waals surface area contributed by atoms with Crippen molar-refractivity contribution >= 4 is 17.6 Å². The average Bonchev–Trinajstić information content (AvgIpc) is 2.93. The van der Waals surface area contributed by atoms with Gasteiger partial charge in [0, 0.05) is 16.9 Å². The van der Waals surface area contributed by atoms with Gasteiger partial charge >= 0.3 is 0 Å². The molecule has 0 saturated heterocycles. The summed E-state index contributed by atoms with van der Waals surface area (Å²) in [5.41, 5.74) is 0.0395. The highest BCUT2D eigenvalue weighted by Crippen LogP contribution is 2.46. The van der Waals surface area contributed by atoms with Crippen LogP contribution in [0.2, 0.25) is 0 Å². The van der Waals surface area contributed by atoms with Gasteiger partial charge in [-0.1, -0.05) is 31.5 Å². The highest BCUT2D eigenvalue weighted by atomic mass is 32.2. The number of aryl methyl sites for hydroxylation is 1. The van der Waals surface area contributed by atoms with Gasteiger partial charge in [-0.2, -0.15) is 4.39 Å². The fraction of sp³-hybridized carbons (Fsp3) is 0.548. The van der Waals surface area contributed by atoms with E-state index in [-0.39, 0.29) is 11.5 Å². The maximum atomic E-state index is 14.9. The van der Waals surface area contributed by atoms with E-state index in [9.17, 15) is 30.7 Å². The van der Waals surface area contributed by atoms with Crippen LogP contribution in [-0.4, -0.2) is 5.75 Å². The van der Waals surface area contributed by atoms with Crippen molar-refractivity contribution in [2.24, 2.45) is 17.8 Å². The molecule has 0 aliphatic heterocycles. The van der Waals surface area contributed by atoms with E-state index in [1.807, 2.05) is 6.92 Å². The Morgan fingerprint density at radius 3 is 1.82 bits per heavy atom. The van der Waals surface area contributed by atoms with Crippen LogP contribution in [0.4, 0.5) is 30.7 Å².